The summed E-state index contributed by atoms with van der Waals surface area (Å²) < 4.78 is 0. The van der Waals surface area contributed by atoms with Crippen LogP contribution in [0.2, 0.25) is 0 Å². The maximum absolute atomic E-state index is 4.31. The molecule has 3 aliphatic carbocycles. The molecule has 0 aromatic carbocycles. The quantitative estimate of drug-likeness (QED) is 0.568. The Labute approximate surface area is 88.8 Å². The second-order valence-electron chi connectivity index (χ2n) is 5.59. The van der Waals surface area contributed by atoms with E-state index in [1.807, 2.05) is 0 Å². The smallest absolute Gasteiger partial charge is 0.00903 e. The molecular formula is C14H24. The first-order chi connectivity index (χ1) is 6.66. The molecule has 0 aromatic heterocycles. The summed E-state index contributed by atoms with van der Waals surface area (Å²) in [5.74, 6) is 0. The second-order valence-corrected chi connectivity index (χ2v) is 5.59. The zero-order valence-electron chi connectivity index (χ0n) is 9.86. The van der Waals surface area contributed by atoms with Crippen molar-refractivity contribution in [3.8, 4) is 0 Å². The third-order valence-corrected chi connectivity index (χ3v) is 5.33. The Bertz CT molecular complexity index is 212. The predicted octanol–water partition coefficient (Wildman–Crippen LogP) is 4.70. The van der Waals surface area contributed by atoms with E-state index in [4.69, 9.17) is 0 Å². The van der Waals surface area contributed by atoms with Gasteiger partial charge >= 0.3 is 0 Å². The van der Waals surface area contributed by atoms with Crippen LogP contribution in [-0.4, -0.2) is 0 Å². The monoisotopic (exact) mass is 192 g/mol. The molecule has 0 aromatic rings. The molecule has 3 rings (SSSR count). The summed E-state index contributed by atoms with van der Waals surface area (Å²) in [7, 11) is 0. The van der Waals surface area contributed by atoms with Gasteiger partial charge in [0, 0.05) is 0 Å². The highest BCUT2D eigenvalue weighted by Gasteiger charge is 2.48. The summed E-state index contributed by atoms with van der Waals surface area (Å²) in [6, 6.07) is 0. The summed E-state index contributed by atoms with van der Waals surface area (Å²) in [6.07, 6.45) is 11.3. The SMILES string of the molecule is C=C(CC)C12CCC(CC)(CC1)CC2. The van der Waals surface area contributed by atoms with Crippen molar-refractivity contribution in [3.63, 3.8) is 0 Å². The lowest BCUT2D eigenvalue weighted by Gasteiger charge is -2.54. The maximum atomic E-state index is 4.31. The van der Waals surface area contributed by atoms with Crippen molar-refractivity contribution in [1.29, 1.82) is 0 Å². The van der Waals surface area contributed by atoms with Gasteiger partial charge in [-0.3, -0.25) is 0 Å². The molecular weight excluding hydrogens is 168 g/mol. The normalized spacial score (nSPS) is 41.3. The Morgan fingerprint density at radius 1 is 1.00 bits per heavy atom. The summed E-state index contributed by atoms with van der Waals surface area (Å²) >= 11 is 0. The zero-order chi connectivity index (χ0) is 10.2. The van der Waals surface area contributed by atoms with Gasteiger partial charge in [0.2, 0.25) is 0 Å². The molecule has 0 spiro atoms. The van der Waals surface area contributed by atoms with E-state index in [9.17, 15) is 0 Å². The van der Waals surface area contributed by atoms with E-state index >= 15 is 0 Å². The lowest BCUT2D eigenvalue weighted by Crippen LogP contribution is -2.41. The number of hydrogen-bond acceptors (Lipinski definition) is 0. The molecule has 0 heteroatoms. The minimum Gasteiger partial charge on any atom is -0.0993 e. The van der Waals surface area contributed by atoms with Crippen molar-refractivity contribution in [1.82, 2.24) is 0 Å². The van der Waals surface area contributed by atoms with Crippen molar-refractivity contribution in [2.75, 3.05) is 0 Å². The van der Waals surface area contributed by atoms with E-state index in [0.717, 1.165) is 5.41 Å². The van der Waals surface area contributed by atoms with Crippen LogP contribution in [-0.2, 0) is 0 Å². The molecule has 0 unspecified atom stereocenters. The minimum absolute atomic E-state index is 0.575. The van der Waals surface area contributed by atoms with Crippen molar-refractivity contribution in [2.45, 2.75) is 65.2 Å². The van der Waals surface area contributed by atoms with Gasteiger partial charge in [-0.05, 0) is 55.8 Å². The molecule has 0 saturated heterocycles. The average molecular weight is 192 g/mol. The van der Waals surface area contributed by atoms with Gasteiger partial charge in [-0.25, -0.2) is 0 Å². The van der Waals surface area contributed by atoms with E-state index in [-0.39, 0.29) is 0 Å². The lowest BCUT2D eigenvalue weighted by atomic mass is 9.51. The van der Waals surface area contributed by atoms with Crippen LogP contribution in [0.25, 0.3) is 0 Å². The fourth-order valence-electron chi connectivity index (χ4n) is 3.70. The molecule has 0 N–H and O–H groups in total. The van der Waals surface area contributed by atoms with Gasteiger partial charge in [0.25, 0.3) is 0 Å². The predicted molar refractivity (Wildman–Crippen MR) is 62.3 cm³/mol. The highest BCUT2D eigenvalue weighted by molar-refractivity contribution is 5.15. The molecule has 0 amide bonds. The number of hydrogen-bond donors (Lipinski definition) is 0. The van der Waals surface area contributed by atoms with Crippen molar-refractivity contribution >= 4 is 0 Å². The van der Waals surface area contributed by atoms with Crippen LogP contribution in [0.3, 0.4) is 0 Å². The Hall–Kier alpha value is -0.260. The van der Waals surface area contributed by atoms with E-state index < -0.39 is 0 Å². The van der Waals surface area contributed by atoms with Gasteiger partial charge in [0.1, 0.15) is 0 Å². The summed E-state index contributed by atoms with van der Waals surface area (Å²) in [5.41, 5.74) is 2.86. The summed E-state index contributed by atoms with van der Waals surface area (Å²) in [5, 5.41) is 0. The second kappa shape index (κ2) is 3.40. The highest BCUT2D eigenvalue weighted by atomic mass is 14.5. The van der Waals surface area contributed by atoms with Crippen LogP contribution in [0.5, 0.6) is 0 Å². The molecule has 3 saturated carbocycles. The van der Waals surface area contributed by atoms with E-state index in [2.05, 4.69) is 20.4 Å². The van der Waals surface area contributed by atoms with Crippen LogP contribution in [0.1, 0.15) is 65.2 Å². The Balaban J connectivity index is 2.12. The highest BCUT2D eigenvalue weighted by Crippen LogP contribution is 2.60. The first-order valence-electron chi connectivity index (χ1n) is 6.35. The standard InChI is InChI=1S/C14H24/c1-4-12(3)14-9-6-13(5-2,7-10-14)8-11-14/h3-11H2,1-2H3. The van der Waals surface area contributed by atoms with Crippen molar-refractivity contribution < 1.29 is 0 Å². The van der Waals surface area contributed by atoms with Gasteiger partial charge in [-0.15, -0.1) is 0 Å². The van der Waals surface area contributed by atoms with Gasteiger partial charge in [-0.1, -0.05) is 32.4 Å². The van der Waals surface area contributed by atoms with E-state index in [1.165, 1.54) is 51.4 Å². The van der Waals surface area contributed by atoms with Crippen LogP contribution < -0.4 is 0 Å². The number of rotatable bonds is 3. The first kappa shape index (κ1) is 10.3. The Morgan fingerprint density at radius 2 is 1.50 bits per heavy atom. The van der Waals surface area contributed by atoms with E-state index in [0.29, 0.717) is 5.41 Å². The largest absolute Gasteiger partial charge is 0.0993 e. The van der Waals surface area contributed by atoms with Crippen molar-refractivity contribution in [2.24, 2.45) is 10.8 Å². The van der Waals surface area contributed by atoms with Gasteiger partial charge in [0.15, 0.2) is 0 Å². The summed E-state index contributed by atoms with van der Waals surface area (Å²) in [4.78, 5) is 0. The molecule has 0 aliphatic heterocycles. The Morgan fingerprint density at radius 3 is 1.86 bits per heavy atom. The van der Waals surface area contributed by atoms with Crippen LogP contribution >= 0.6 is 0 Å². The molecule has 0 nitrogen and oxygen atoms in total. The minimum atomic E-state index is 0.575. The zero-order valence-corrected chi connectivity index (χ0v) is 9.86. The molecule has 0 heterocycles. The molecule has 80 valence electrons. The third kappa shape index (κ3) is 1.34. The molecule has 3 aliphatic rings. The molecule has 0 radical (unpaired) electrons. The number of allylic oxidation sites excluding steroid dienone is 1. The molecule has 14 heavy (non-hydrogen) atoms. The van der Waals surface area contributed by atoms with Crippen LogP contribution in [0.4, 0.5) is 0 Å². The Kier molecular flexibility index (Phi) is 2.49. The van der Waals surface area contributed by atoms with Crippen molar-refractivity contribution in [3.05, 3.63) is 12.2 Å². The van der Waals surface area contributed by atoms with Crippen LogP contribution in [0, 0.1) is 10.8 Å². The third-order valence-electron chi connectivity index (χ3n) is 5.33. The average Bonchev–Trinajstić information content (AvgIpc) is 2.30. The molecule has 2 bridgehead atoms. The summed E-state index contributed by atoms with van der Waals surface area (Å²) in [6.45, 7) is 8.97. The fraction of sp³-hybridized carbons (Fsp3) is 0.857. The topological polar surface area (TPSA) is 0 Å². The fourth-order valence-corrected chi connectivity index (χ4v) is 3.70. The van der Waals surface area contributed by atoms with Crippen LogP contribution in [0.15, 0.2) is 12.2 Å². The molecule has 3 fully saturated rings. The number of fused-ring (bicyclic) bond motifs is 3. The van der Waals surface area contributed by atoms with Gasteiger partial charge in [-0.2, -0.15) is 0 Å². The van der Waals surface area contributed by atoms with Gasteiger partial charge < -0.3 is 0 Å². The molecule has 0 atom stereocenters. The van der Waals surface area contributed by atoms with Gasteiger partial charge in [0.05, 0.1) is 0 Å². The first-order valence-corrected chi connectivity index (χ1v) is 6.35. The lowest BCUT2D eigenvalue weighted by molar-refractivity contribution is 0.0105. The maximum Gasteiger partial charge on any atom is -0.00903 e. The van der Waals surface area contributed by atoms with E-state index in [1.54, 1.807) is 5.57 Å².